The molecule has 1 aromatic carbocycles. The van der Waals surface area contributed by atoms with Crippen molar-refractivity contribution in [3.8, 4) is 5.75 Å². The van der Waals surface area contributed by atoms with E-state index in [0.29, 0.717) is 23.4 Å². The zero-order chi connectivity index (χ0) is 13.9. The molecule has 3 nitrogen and oxygen atoms in total. The molecule has 106 valence electrons. The summed E-state index contributed by atoms with van der Waals surface area (Å²) in [5.41, 5.74) is 1.05. The maximum absolute atomic E-state index is 6.13. The predicted molar refractivity (Wildman–Crippen MR) is 82.1 cm³/mol. The number of benzene rings is 1. The molecule has 2 aromatic rings. The van der Waals surface area contributed by atoms with Gasteiger partial charge >= 0.3 is 0 Å². The lowest BCUT2D eigenvalue weighted by Crippen LogP contribution is -2.16. The zero-order valence-corrected chi connectivity index (χ0v) is 13.2. The number of halogens is 2. The van der Waals surface area contributed by atoms with E-state index in [0.717, 1.165) is 22.3 Å². The molecule has 0 saturated heterocycles. The molecule has 1 aliphatic rings. The molecule has 1 saturated carbocycles. The standard InChI is InChI=1S/C15H15BrClNO2/c16-11-1-4-14(13(17)7-11)20-9-10-5-6-19-15(10)8-18-12-2-3-12/h1,4-7,12,18H,2-3,8-9H2. The SMILES string of the molecule is Clc1cc(Br)ccc1OCc1ccoc1CNC1CC1. The Bertz CT molecular complexity index is 595. The van der Waals surface area contributed by atoms with Crippen molar-refractivity contribution in [1.29, 1.82) is 0 Å². The lowest BCUT2D eigenvalue weighted by molar-refractivity contribution is 0.301. The van der Waals surface area contributed by atoms with Crippen LogP contribution in [0, 0.1) is 0 Å². The van der Waals surface area contributed by atoms with Gasteiger partial charge in [0.1, 0.15) is 18.1 Å². The molecule has 1 heterocycles. The van der Waals surface area contributed by atoms with E-state index in [1.54, 1.807) is 6.26 Å². The van der Waals surface area contributed by atoms with Crippen molar-refractivity contribution < 1.29 is 9.15 Å². The molecular weight excluding hydrogens is 342 g/mol. The first kappa shape index (κ1) is 14.0. The summed E-state index contributed by atoms with van der Waals surface area (Å²) in [5.74, 6) is 1.61. The van der Waals surface area contributed by atoms with Gasteiger partial charge in [-0.25, -0.2) is 0 Å². The Morgan fingerprint density at radius 2 is 2.20 bits per heavy atom. The summed E-state index contributed by atoms with van der Waals surface area (Å²) in [4.78, 5) is 0. The van der Waals surface area contributed by atoms with E-state index >= 15 is 0 Å². The molecule has 0 amide bonds. The molecule has 5 heteroatoms. The first-order valence-corrected chi connectivity index (χ1v) is 7.76. The van der Waals surface area contributed by atoms with Crippen LogP contribution in [0.4, 0.5) is 0 Å². The Balaban J connectivity index is 1.61. The third kappa shape index (κ3) is 3.57. The van der Waals surface area contributed by atoms with Crippen molar-refractivity contribution in [2.75, 3.05) is 0 Å². The van der Waals surface area contributed by atoms with Gasteiger partial charge in [0.25, 0.3) is 0 Å². The molecular formula is C15H15BrClNO2. The minimum Gasteiger partial charge on any atom is -0.487 e. The van der Waals surface area contributed by atoms with Crippen molar-refractivity contribution in [3.63, 3.8) is 0 Å². The van der Waals surface area contributed by atoms with E-state index in [-0.39, 0.29) is 0 Å². The van der Waals surface area contributed by atoms with Gasteiger partial charge in [-0.2, -0.15) is 0 Å². The number of furan rings is 1. The maximum Gasteiger partial charge on any atom is 0.138 e. The van der Waals surface area contributed by atoms with Crippen molar-refractivity contribution in [1.82, 2.24) is 5.32 Å². The van der Waals surface area contributed by atoms with Crippen LogP contribution in [0.5, 0.6) is 5.75 Å². The summed E-state index contributed by atoms with van der Waals surface area (Å²) < 4.78 is 12.2. The van der Waals surface area contributed by atoms with Crippen LogP contribution in [0.2, 0.25) is 5.02 Å². The van der Waals surface area contributed by atoms with Crippen molar-refractivity contribution in [2.24, 2.45) is 0 Å². The molecule has 0 radical (unpaired) electrons. The van der Waals surface area contributed by atoms with E-state index in [1.807, 2.05) is 24.3 Å². The van der Waals surface area contributed by atoms with Crippen LogP contribution < -0.4 is 10.1 Å². The molecule has 1 fully saturated rings. The maximum atomic E-state index is 6.13. The third-order valence-corrected chi connectivity index (χ3v) is 4.03. The molecule has 0 atom stereocenters. The molecule has 0 bridgehead atoms. The highest BCUT2D eigenvalue weighted by Crippen LogP contribution is 2.29. The second-order valence-electron chi connectivity index (χ2n) is 4.89. The lowest BCUT2D eigenvalue weighted by Gasteiger charge is -2.09. The van der Waals surface area contributed by atoms with Crippen LogP contribution in [0.1, 0.15) is 24.2 Å². The fourth-order valence-corrected chi connectivity index (χ4v) is 2.65. The fourth-order valence-electron chi connectivity index (χ4n) is 1.92. The zero-order valence-electron chi connectivity index (χ0n) is 10.9. The minimum absolute atomic E-state index is 0.458. The molecule has 0 unspecified atom stereocenters. The van der Waals surface area contributed by atoms with Crippen LogP contribution in [0.25, 0.3) is 0 Å². The molecule has 0 aliphatic heterocycles. The smallest absolute Gasteiger partial charge is 0.138 e. The van der Waals surface area contributed by atoms with Gasteiger partial charge in [0, 0.05) is 16.1 Å². The molecule has 1 aromatic heterocycles. The van der Waals surface area contributed by atoms with Gasteiger partial charge in [0.05, 0.1) is 17.8 Å². The summed E-state index contributed by atoms with van der Waals surface area (Å²) >= 11 is 9.50. The highest BCUT2D eigenvalue weighted by Gasteiger charge is 2.21. The number of hydrogen-bond acceptors (Lipinski definition) is 3. The Morgan fingerprint density at radius 3 is 2.95 bits per heavy atom. The Hall–Kier alpha value is -0.970. The van der Waals surface area contributed by atoms with E-state index in [2.05, 4.69) is 21.2 Å². The van der Waals surface area contributed by atoms with E-state index in [9.17, 15) is 0 Å². The number of hydrogen-bond donors (Lipinski definition) is 1. The highest BCUT2D eigenvalue weighted by atomic mass is 79.9. The van der Waals surface area contributed by atoms with E-state index in [1.165, 1.54) is 12.8 Å². The molecule has 20 heavy (non-hydrogen) atoms. The van der Waals surface area contributed by atoms with Crippen LogP contribution in [-0.4, -0.2) is 6.04 Å². The predicted octanol–water partition coefficient (Wildman–Crippen LogP) is 4.53. The van der Waals surface area contributed by atoms with Crippen molar-refractivity contribution in [2.45, 2.75) is 32.0 Å². The first-order chi connectivity index (χ1) is 9.72. The van der Waals surface area contributed by atoms with E-state index in [4.69, 9.17) is 20.8 Å². The van der Waals surface area contributed by atoms with Gasteiger partial charge < -0.3 is 14.5 Å². The topological polar surface area (TPSA) is 34.4 Å². The number of rotatable bonds is 6. The van der Waals surface area contributed by atoms with Crippen molar-refractivity contribution in [3.05, 3.63) is 51.3 Å². The average molecular weight is 357 g/mol. The average Bonchev–Trinajstić information content (AvgIpc) is 3.14. The fraction of sp³-hybridized carbons (Fsp3) is 0.333. The normalized spacial score (nSPS) is 14.5. The van der Waals surface area contributed by atoms with Crippen molar-refractivity contribution >= 4 is 27.5 Å². The highest BCUT2D eigenvalue weighted by molar-refractivity contribution is 9.10. The Kier molecular flexibility index (Phi) is 4.34. The first-order valence-electron chi connectivity index (χ1n) is 6.59. The van der Waals surface area contributed by atoms with Gasteiger partial charge in [0.15, 0.2) is 0 Å². The molecule has 1 aliphatic carbocycles. The summed E-state index contributed by atoms with van der Waals surface area (Å²) in [7, 11) is 0. The monoisotopic (exact) mass is 355 g/mol. The van der Waals surface area contributed by atoms with Crippen LogP contribution >= 0.6 is 27.5 Å². The van der Waals surface area contributed by atoms with Crippen LogP contribution in [-0.2, 0) is 13.2 Å². The summed E-state index contributed by atoms with van der Waals surface area (Å²) in [6.07, 6.45) is 4.23. The minimum atomic E-state index is 0.458. The van der Waals surface area contributed by atoms with Gasteiger partial charge in [0.2, 0.25) is 0 Å². The third-order valence-electron chi connectivity index (χ3n) is 3.24. The second-order valence-corrected chi connectivity index (χ2v) is 6.21. The van der Waals surface area contributed by atoms with Gasteiger partial charge in [-0.15, -0.1) is 0 Å². The van der Waals surface area contributed by atoms with E-state index < -0.39 is 0 Å². The van der Waals surface area contributed by atoms with Gasteiger partial charge in [-0.05, 0) is 37.1 Å². The summed E-state index contributed by atoms with van der Waals surface area (Å²) in [5, 5.41) is 4.03. The second kappa shape index (κ2) is 6.20. The van der Waals surface area contributed by atoms with Crippen LogP contribution in [0.3, 0.4) is 0 Å². The Morgan fingerprint density at radius 1 is 1.35 bits per heavy atom. The summed E-state index contributed by atoms with van der Waals surface area (Å²) in [6, 6.07) is 8.19. The Labute approximate surface area is 131 Å². The quantitative estimate of drug-likeness (QED) is 0.826. The largest absolute Gasteiger partial charge is 0.487 e. The molecule has 3 rings (SSSR count). The van der Waals surface area contributed by atoms with Gasteiger partial charge in [-0.1, -0.05) is 27.5 Å². The number of ether oxygens (including phenoxy) is 1. The number of nitrogens with one attached hydrogen (secondary N) is 1. The van der Waals surface area contributed by atoms with Crippen LogP contribution in [0.15, 0.2) is 39.4 Å². The summed E-state index contributed by atoms with van der Waals surface area (Å²) in [6.45, 7) is 1.21. The van der Waals surface area contributed by atoms with Gasteiger partial charge in [-0.3, -0.25) is 0 Å². The lowest BCUT2D eigenvalue weighted by atomic mass is 10.2. The molecule has 1 N–H and O–H groups in total. The molecule has 0 spiro atoms.